The van der Waals surface area contributed by atoms with E-state index in [-0.39, 0.29) is 11.4 Å². The molecule has 0 unspecified atom stereocenters. The standard InChI is InChI=1S/C17H15N5O5S4/c1-7-19-20-17(31-7)30-6-8-5-29-15-11(14(24)22(15)12(8)16(25)26)18-13(23)10(21-27)9-3-2-4-28-9/h2-4,11,15,27H,5-6H2,1H3,(H,18,23)(H,25,26)/t11-,15-/m1/s1. The van der Waals surface area contributed by atoms with Crippen LogP contribution in [0, 0.1) is 6.92 Å². The maximum absolute atomic E-state index is 12.7. The van der Waals surface area contributed by atoms with Crippen molar-refractivity contribution in [3.05, 3.63) is 38.7 Å². The lowest BCUT2D eigenvalue weighted by molar-refractivity contribution is -0.150. The Bertz CT molecular complexity index is 1100. The molecule has 2 atom stereocenters. The molecule has 14 heteroatoms. The van der Waals surface area contributed by atoms with Gasteiger partial charge in [0.05, 0.1) is 4.88 Å². The van der Waals surface area contributed by atoms with Crippen LogP contribution < -0.4 is 5.32 Å². The third-order valence-electron chi connectivity index (χ3n) is 4.48. The van der Waals surface area contributed by atoms with E-state index in [0.717, 1.165) is 9.35 Å². The largest absolute Gasteiger partial charge is 0.477 e. The summed E-state index contributed by atoms with van der Waals surface area (Å²) in [5.74, 6) is -1.63. The van der Waals surface area contributed by atoms with E-state index in [0.29, 0.717) is 22.0 Å². The number of hydrogen-bond donors (Lipinski definition) is 3. The van der Waals surface area contributed by atoms with Crippen molar-refractivity contribution < 1.29 is 24.7 Å². The van der Waals surface area contributed by atoms with Gasteiger partial charge in [-0.3, -0.25) is 14.5 Å². The van der Waals surface area contributed by atoms with Crippen LogP contribution in [0.4, 0.5) is 0 Å². The zero-order valence-electron chi connectivity index (χ0n) is 15.8. The Labute approximate surface area is 192 Å². The second-order valence-corrected chi connectivity index (χ2v) is 10.9. The predicted octanol–water partition coefficient (Wildman–Crippen LogP) is 1.62. The third-order valence-corrected chi connectivity index (χ3v) is 8.76. The van der Waals surface area contributed by atoms with E-state index in [9.17, 15) is 24.7 Å². The smallest absolute Gasteiger partial charge is 0.352 e. The molecule has 2 aliphatic heterocycles. The number of nitrogens with one attached hydrogen (secondary N) is 1. The van der Waals surface area contributed by atoms with Gasteiger partial charge in [-0.05, 0) is 23.9 Å². The van der Waals surface area contributed by atoms with Crippen LogP contribution in [0.1, 0.15) is 9.88 Å². The molecule has 2 aliphatic rings. The van der Waals surface area contributed by atoms with Crippen molar-refractivity contribution in [1.82, 2.24) is 20.4 Å². The molecule has 0 radical (unpaired) electrons. The van der Waals surface area contributed by atoms with Gasteiger partial charge in [0.25, 0.3) is 11.8 Å². The fourth-order valence-corrected chi connectivity index (χ4v) is 7.12. The molecule has 4 rings (SSSR count). The molecule has 3 N–H and O–H groups in total. The average molecular weight is 498 g/mol. The molecule has 2 amide bonds. The highest BCUT2D eigenvalue weighted by Crippen LogP contribution is 2.41. The van der Waals surface area contributed by atoms with Gasteiger partial charge in [-0.1, -0.05) is 34.3 Å². The van der Waals surface area contributed by atoms with Crippen molar-refractivity contribution in [3.63, 3.8) is 0 Å². The first-order valence-corrected chi connectivity index (χ1v) is 12.5. The second-order valence-electron chi connectivity index (χ2n) is 6.42. The van der Waals surface area contributed by atoms with Crippen LogP contribution in [0.2, 0.25) is 0 Å². The lowest BCUT2D eigenvalue weighted by Crippen LogP contribution is -2.71. The number of amides is 2. The highest BCUT2D eigenvalue weighted by molar-refractivity contribution is 8.01. The summed E-state index contributed by atoms with van der Waals surface area (Å²) >= 11 is 5.39. The zero-order chi connectivity index (χ0) is 22.1. The van der Waals surface area contributed by atoms with Gasteiger partial charge in [0.2, 0.25) is 0 Å². The second kappa shape index (κ2) is 8.98. The lowest BCUT2D eigenvalue weighted by Gasteiger charge is -2.49. The van der Waals surface area contributed by atoms with Crippen LogP contribution in [0.15, 0.2) is 38.3 Å². The lowest BCUT2D eigenvalue weighted by atomic mass is 10.0. The van der Waals surface area contributed by atoms with Crippen LogP contribution in [0.3, 0.4) is 0 Å². The van der Waals surface area contributed by atoms with Gasteiger partial charge in [-0.2, -0.15) is 0 Å². The quantitative estimate of drug-likeness (QED) is 0.171. The Kier molecular flexibility index (Phi) is 6.31. The molecule has 4 heterocycles. The number of nitrogens with zero attached hydrogens (tertiary/aromatic N) is 4. The van der Waals surface area contributed by atoms with Crippen molar-refractivity contribution in [2.45, 2.75) is 22.7 Å². The molecule has 1 fully saturated rings. The maximum Gasteiger partial charge on any atom is 0.352 e. The fraction of sp³-hybridized carbons (Fsp3) is 0.294. The minimum atomic E-state index is -1.19. The van der Waals surface area contributed by atoms with E-state index < -0.39 is 29.2 Å². The van der Waals surface area contributed by atoms with Gasteiger partial charge in [0.15, 0.2) is 10.1 Å². The third kappa shape index (κ3) is 4.20. The summed E-state index contributed by atoms with van der Waals surface area (Å²) in [5, 5.41) is 34.5. The molecule has 0 aliphatic carbocycles. The average Bonchev–Trinajstić information content (AvgIpc) is 3.42. The van der Waals surface area contributed by atoms with Crippen molar-refractivity contribution >= 4 is 69.7 Å². The van der Waals surface area contributed by atoms with Crippen LogP contribution in [0.25, 0.3) is 0 Å². The fourth-order valence-electron chi connectivity index (χ4n) is 3.11. The number of β-lactam (4-membered cyclic amide) rings is 1. The number of carboxylic acids is 1. The summed E-state index contributed by atoms with van der Waals surface area (Å²) in [5.41, 5.74) is 0.365. The van der Waals surface area contributed by atoms with E-state index >= 15 is 0 Å². The molecule has 2 aromatic rings. The number of thioether (sulfide) groups is 2. The van der Waals surface area contributed by atoms with Gasteiger partial charge in [-0.25, -0.2) is 4.79 Å². The maximum atomic E-state index is 12.7. The number of carbonyl (C=O) groups is 3. The molecule has 0 spiro atoms. The van der Waals surface area contributed by atoms with Gasteiger partial charge >= 0.3 is 5.97 Å². The number of thiophene rings is 1. The molecular formula is C17H15N5O5S4. The Morgan fingerprint density at radius 3 is 2.84 bits per heavy atom. The van der Waals surface area contributed by atoms with Gasteiger partial charge < -0.3 is 15.6 Å². The van der Waals surface area contributed by atoms with Crippen molar-refractivity contribution in [2.75, 3.05) is 11.5 Å². The van der Waals surface area contributed by atoms with E-state index in [2.05, 4.69) is 20.7 Å². The first kappa shape index (κ1) is 21.8. The normalized spacial score (nSPS) is 21.0. The minimum absolute atomic E-state index is 0.0534. The van der Waals surface area contributed by atoms with E-state index in [1.807, 2.05) is 6.92 Å². The van der Waals surface area contributed by atoms with E-state index in [1.54, 1.807) is 17.5 Å². The van der Waals surface area contributed by atoms with Gasteiger partial charge in [-0.15, -0.1) is 33.3 Å². The van der Waals surface area contributed by atoms with Crippen LogP contribution >= 0.6 is 46.2 Å². The SMILES string of the molecule is Cc1nnc(SCC2=C(C(=O)O)N3C(=O)[C@@H](NC(=O)C(=NO)c4cccs4)[C@H]3SC2)s1. The number of carbonyl (C=O) groups excluding carboxylic acids is 2. The number of aromatic nitrogens is 2. The zero-order valence-corrected chi connectivity index (χ0v) is 19.1. The molecule has 0 bridgehead atoms. The van der Waals surface area contributed by atoms with Crippen molar-refractivity contribution in [1.29, 1.82) is 0 Å². The Balaban J connectivity index is 1.48. The summed E-state index contributed by atoms with van der Waals surface area (Å²) in [6.45, 7) is 1.84. The molecule has 31 heavy (non-hydrogen) atoms. The Hall–Kier alpha value is -2.42. The summed E-state index contributed by atoms with van der Waals surface area (Å²) in [4.78, 5) is 38.8. The first-order valence-electron chi connectivity index (χ1n) is 8.80. The number of aliphatic carboxylic acids is 1. The van der Waals surface area contributed by atoms with Crippen LogP contribution in [0.5, 0.6) is 0 Å². The number of carboxylic acid groups (broad SMARTS) is 1. The van der Waals surface area contributed by atoms with Gasteiger partial charge in [0, 0.05) is 11.5 Å². The Morgan fingerprint density at radius 1 is 1.42 bits per heavy atom. The topological polar surface area (TPSA) is 145 Å². The molecule has 1 saturated heterocycles. The number of rotatable bonds is 7. The molecule has 0 aromatic carbocycles. The van der Waals surface area contributed by atoms with Crippen molar-refractivity contribution in [2.24, 2.45) is 5.16 Å². The molecular weight excluding hydrogens is 482 g/mol. The minimum Gasteiger partial charge on any atom is -0.477 e. The van der Waals surface area contributed by atoms with Gasteiger partial charge in [0.1, 0.15) is 22.1 Å². The number of oxime groups is 1. The number of aryl methyl sites for hydroxylation is 1. The van der Waals surface area contributed by atoms with Crippen LogP contribution in [-0.4, -0.2) is 71.8 Å². The highest BCUT2D eigenvalue weighted by Gasteiger charge is 2.54. The van der Waals surface area contributed by atoms with E-state index in [4.69, 9.17) is 0 Å². The summed E-state index contributed by atoms with van der Waals surface area (Å²) in [6, 6.07) is 2.43. The van der Waals surface area contributed by atoms with E-state index in [1.165, 1.54) is 51.1 Å². The molecule has 162 valence electrons. The monoisotopic (exact) mass is 497 g/mol. The summed E-state index contributed by atoms with van der Waals surface area (Å²) in [7, 11) is 0. The highest BCUT2D eigenvalue weighted by atomic mass is 32.2. The number of hydrogen-bond acceptors (Lipinski definition) is 11. The molecule has 10 nitrogen and oxygen atoms in total. The Morgan fingerprint density at radius 2 is 2.23 bits per heavy atom. The number of fused-ring (bicyclic) bond motifs is 1. The molecule has 0 saturated carbocycles. The predicted molar refractivity (Wildman–Crippen MR) is 118 cm³/mol. The first-order chi connectivity index (χ1) is 14.9. The molecule has 2 aromatic heterocycles. The van der Waals surface area contributed by atoms with Crippen molar-refractivity contribution in [3.8, 4) is 0 Å². The van der Waals surface area contributed by atoms with Crippen LogP contribution in [-0.2, 0) is 14.4 Å². The summed E-state index contributed by atoms with van der Waals surface area (Å²) < 4.78 is 0.728. The summed E-state index contributed by atoms with van der Waals surface area (Å²) in [6.07, 6.45) is 0.